The van der Waals surface area contributed by atoms with Crippen LogP contribution >= 0.6 is 0 Å². The summed E-state index contributed by atoms with van der Waals surface area (Å²) in [6.45, 7) is 2.06. The zero-order valence-corrected chi connectivity index (χ0v) is 15.9. The Hall–Kier alpha value is -3.67. The van der Waals surface area contributed by atoms with Crippen molar-refractivity contribution in [3.63, 3.8) is 0 Å². The zero-order valence-electron chi connectivity index (χ0n) is 15.9. The summed E-state index contributed by atoms with van der Waals surface area (Å²) in [5, 5.41) is 18.1. The summed E-state index contributed by atoms with van der Waals surface area (Å²) >= 11 is 0. The van der Waals surface area contributed by atoms with Gasteiger partial charge >= 0.3 is 0 Å². The van der Waals surface area contributed by atoms with E-state index in [1.165, 1.54) is 11.6 Å². The van der Waals surface area contributed by atoms with E-state index in [0.29, 0.717) is 5.56 Å². The standard InChI is InChI=1S/C23H19N3O3/c1-15-9-11-16(12-10-15)20-14-21-19-7-2-3-8-22(19)29-23(25(21)24-20)17-5-4-6-18(13-17)26(27)28/h2-13,21,23H,14H2,1H3/t21-,23+/m0/s1. The molecule has 0 radical (unpaired) electrons. The number of fused-ring (bicyclic) bond motifs is 3. The number of rotatable bonds is 3. The minimum absolute atomic E-state index is 0.0283. The lowest BCUT2D eigenvalue weighted by molar-refractivity contribution is -0.385. The molecule has 144 valence electrons. The van der Waals surface area contributed by atoms with Gasteiger partial charge < -0.3 is 4.74 Å². The molecule has 0 N–H and O–H groups in total. The second-order valence-electron chi connectivity index (χ2n) is 7.37. The summed E-state index contributed by atoms with van der Waals surface area (Å²) in [6.07, 6.45) is 0.243. The second-order valence-corrected chi connectivity index (χ2v) is 7.37. The zero-order chi connectivity index (χ0) is 20.0. The fourth-order valence-corrected chi connectivity index (χ4v) is 3.97. The molecule has 0 spiro atoms. The molecule has 0 saturated carbocycles. The summed E-state index contributed by atoms with van der Waals surface area (Å²) < 4.78 is 6.27. The first-order valence-corrected chi connectivity index (χ1v) is 9.53. The smallest absolute Gasteiger partial charge is 0.269 e. The highest BCUT2D eigenvalue weighted by molar-refractivity contribution is 6.02. The molecule has 0 aromatic heterocycles. The van der Waals surface area contributed by atoms with Gasteiger partial charge in [0.2, 0.25) is 6.23 Å². The van der Waals surface area contributed by atoms with Crippen LogP contribution in [-0.4, -0.2) is 15.6 Å². The molecule has 0 amide bonds. The molecular weight excluding hydrogens is 366 g/mol. The van der Waals surface area contributed by atoms with Crippen molar-refractivity contribution >= 4 is 11.4 Å². The number of ether oxygens (including phenoxy) is 1. The summed E-state index contributed by atoms with van der Waals surface area (Å²) in [7, 11) is 0. The van der Waals surface area contributed by atoms with Crippen LogP contribution in [0.5, 0.6) is 5.75 Å². The van der Waals surface area contributed by atoms with Crippen molar-refractivity contribution in [3.8, 4) is 5.75 Å². The van der Waals surface area contributed by atoms with Crippen molar-refractivity contribution in [2.24, 2.45) is 5.10 Å². The van der Waals surface area contributed by atoms with Gasteiger partial charge in [0.25, 0.3) is 5.69 Å². The fraction of sp³-hybridized carbons (Fsp3) is 0.174. The van der Waals surface area contributed by atoms with Crippen molar-refractivity contribution < 1.29 is 9.66 Å². The van der Waals surface area contributed by atoms with Crippen molar-refractivity contribution in [1.29, 1.82) is 0 Å². The maximum Gasteiger partial charge on any atom is 0.269 e. The predicted molar refractivity (Wildman–Crippen MR) is 110 cm³/mol. The Balaban J connectivity index is 1.59. The molecule has 29 heavy (non-hydrogen) atoms. The second kappa shape index (κ2) is 6.74. The largest absolute Gasteiger partial charge is 0.464 e. The Kier molecular flexibility index (Phi) is 4.05. The molecule has 0 aliphatic carbocycles. The molecule has 0 fully saturated rings. The Morgan fingerprint density at radius 3 is 2.66 bits per heavy atom. The number of para-hydroxylation sites is 1. The van der Waals surface area contributed by atoms with Crippen LogP contribution in [0.1, 0.15) is 40.9 Å². The molecule has 2 heterocycles. The van der Waals surface area contributed by atoms with Gasteiger partial charge in [-0.15, -0.1) is 0 Å². The molecule has 0 bridgehead atoms. The van der Waals surface area contributed by atoms with E-state index < -0.39 is 6.23 Å². The van der Waals surface area contributed by atoms with E-state index in [9.17, 15) is 10.1 Å². The molecule has 2 atom stereocenters. The van der Waals surface area contributed by atoms with E-state index in [0.717, 1.165) is 29.0 Å². The van der Waals surface area contributed by atoms with Crippen LogP contribution in [0.15, 0.2) is 77.9 Å². The van der Waals surface area contributed by atoms with Crippen LogP contribution < -0.4 is 4.74 Å². The van der Waals surface area contributed by atoms with Gasteiger partial charge in [-0.2, -0.15) is 5.10 Å². The molecule has 2 aliphatic heterocycles. The summed E-state index contributed by atoms with van der Waals surface area (Å²) in [5.41, 5.74) is 5.12. The number of hydrogen-bond acceptors (Lipinski definition) is 5. The van der Waals surface area contributed by atoms with Crippen LogP contribution in [0.2, 0.25) is 0 Å². The van der Waals surface area contributed by atoms with Gasteiger partial charge in [-0.05, 0) is 18.6 Å². The molecular formula is C23H19N3O3. The monoisotopic (exact) mass is 385 g/mol. The Morgan fingerprint density at radius 1 is 1.07 bits per heavy atom. The molecule has 0 unspecified atom stereocenters. The molecule has 6 heteroatoms. The van der Waals surface area contributed by atoms with Gasteiger partial charge in [0, 0.05) is 29.7 Å². The highest BCUT2D eigenvalue weighted by Gasteiger charge is 2.41. The average Bonchev–Trinajstić information content (AvgIpc) is 3.19. The van der Waals surface area contributed by atoms with Crippen LogP contribution in [0.25, 0.3) is 0 Å². The quantitative estimate of drug-likeness (QED) is 0.462. The van der Waals surface area contributed by atoms with E-state index in [2.05, 4.69) is 37.3 Å². The number of nitro groups is 1. The summed E-state index contributed by atoms with van der Waals surface area (Å²) in [6, 6.07) is 22.9. The highest BCUT2D eigenvalue weighted by atomic mass is 16.6. The van der Waals surface area contributed by atoms with Gasteiger partial charge in [-0.25, -0.2) is 5.01 Å². The number of nitro benzene ring substituents is 1. The number of non-ortho nitro benzene ring substituents is 1. The van der Waals surface area contributed by atoms with Crippen LogP contribution in [-0.2, 0) is 0 Å². The third kappa shape index (κ3) is 3.02. The number of aryl methyl sites for hydroxylation is 1. The number of benzene rings is 3. The number of hydrazone groups is 1. The first-order valence-electron chi connectivity index (χ1n) is 9.53. The van der Waals surface area contributed by atoms with Crippen molar-refractivity contribution in [3.05, 3.63) is 105 Å². The van der Waals surface area contributed by atoms with E-state index in [-0.39, 0.29) is 16.7 Å². The Labute approximate surface area is 168 Å². The lowest BCUT2D eigenvalue weighted by Gasteiger charge is -2.38. The molecule has 2 aliphatic rings. The van der Waals surface area contributed by atoms with Crippen LogP contribution in [0, 0.1) is 17.0 Å². The average molecular weight is 385 g/mol. The van der Waals surface area contributed by atoms with Gasteiger partial charge in [-0.1, -0.05) is 60.2 Å². The van der Waals surface area contributed by atoms with E-state index >= 15 is 0 Å². The minimum Gasteiger partial charge on any atom is -0.464 e. The maximum absolute atomic E-state index is 11.3. The molecule has 5 rings (SSSR count). The van der Waals surface area contributed by atoms with Crippen molar-refractivity contribution in [1.82, 2.24) is 5.01 Å². The molecule has 3 aromatic rings. The molecule has 3 aromatic carbocycles. The molecule has 0 saturated heterocycles. The van der Waals surface area contributed by atoms with Crippen LogP contribution in [0.4, 0.5) is 5.69 Å². The third-order valence-electron chi connectivity index (χ3n) is 5.45. The highest BCUT2D eigenvalue weighted by Crippen LogP contribution is 2.47. The van der Waals surface area contributed by atoms with E-state index in [4.69, 9.17) is 9.84 Å². The van der Waals surface area contributed by atoms with Crippen LogP contribution in [0.3, 0.4) is 0 Å². The fourth-order valence-electron chi connectivity index (χ4n) is 3.97. The van der Waals surface area contributed by atoms with Gasteiger partial charge in [0.15, 0.2) is 0 Å². The van der Waals surface area contributed by atoms with Gasteiger partial charge in [0.1, 0.15) is 5.75 Å². The van der Waals surface area contributed by atoms with E-state index in [1.54, 1.807) is 12.1 Å². The lowest BCUT2D eigenvalue weighted by Crippen LogP contribution is -2.33. The molecule has 6 nitrogen and oxygen atoms in total. The third-order valence-corrected chi connectivity index (χ3v) is 5.45. The number of nitrogens with zero attached hydrogens (tertiary/aromatic N) is 3. The predicted octanol–water partition coefficient (Wildman–Crippen LogP) is 5.15. The normalized spacial score (nSPS) is 19.8. The summed E-state index contributed by atoms with van der Waals surface area (Å²) in [5.74, 6) is 0.797. The first-order chi connectivity index (χ1) is 14.1. The first kappa shape index (κ1) is 17.4. The Morgan fingerprint density at radius 2 is 1.86 bits per heavy atom. The lowest BCUT2D eigenvalue weighted by atomic mass is 9.95. The van der Waals surface area contributed by atoms with Crippen molar-refractivity contribution in [2.45, 2.75) is 25.6 Å². The minimum atomic E-state index is -0.516. The Bertz CT molecular complexity index is 1120. The number of hydrogen-bond donors (Lipinski definition) is 0. The van der Waals surface area contributed by atoms with Gasteiger partial charge in [-0.3, -0.25) is 10.1 Å². The SMILES string of the molecule is Cc1ccc(C2=NN3[C@@H](c4cccc([N+](=O)[O-])c4)Oc4ccccc4[C@@H]3C2)cc1. The van der Waals surface area contributed by atoms with Gasteiger partial charge in [0.05, 0.1) is 16.7 Å². The summed E-state index contributed by atoms with van der Waals surface area (Å²) in [4.78, 5) is 10.9. The van der Waals surface area contributed by atoms with E-state index in [1.807, 2.05) is 29.3 Å². The maximum atomic E-state index is 11.3. The van der Waals surface area contributed by atoms with Crippen molar-refractivity contribution in [2.75, 3.05) is 0 Å². The topological polar surface area (TPSA) is 68.0 Å².